The first-order valence-electron chi connectivity index (χ1n) is 7.00. The minimum Gasteiger partial charge on any atom is -0.212 e. The van der Waals surface area contributed by atoms with Gasteiger partial charge in [0.25, 0.3) is 0 Å². The van der Waals surface area contributed by atoms with Crippen molar-refractivity contribution in [3.05, 3.63) is 0 Å². The lowest BCUT2D eigenvalue weighted by molar-refractivity contribution is -0.439. The molecule has 0 atom stereocenters. The minimum atomic E-state index is -7.98. The van der Waals surface area contributed by atoms with Crippen molar-refractivity contribution in [1.29, 1.82) is 0 Å². The van der Waals surface area contributed by atoms with Crippen LogP contribution in [0.5, 0.6) is 0 Å². The summed E-state index contributed by atoms with van der Waals surface area (Å²) >= 11 is 0. The van der Waals surface area contributed by atoms with E-state index in [1.807, 2.05) is 0 Å². The smallest absolute Gasteiger partial charge is 0.212 e. The zero-order valence-electron chi connectivity index (χ0n) is 13.1. The highest BCUT2D eigenvalue weighted by Crippen LogP contribution is 2.60. The summed E-state index contributed by atoms with van der Waals surface area (Å²) in [5, 5.41) is 0. The summed E-state index contributed by atoms with van der Waals surface area (Å²) in [4.78, 5) is 0. The molecule has 0 unspecified atom stereocenters. The maximum Gasteiger partial charge on any atom is 0.460 e. The van der Waals surface area contributed by atoms with Crippen LogP contribution in [0.15, 0.2) is 0 Å². The lowest BCUT2D eigenvalue weighted by Gasteiger charge is -2.40. The van der Waals surface area contributed by atoms with Crippen molar-refractivity contribution in [1.82, 2.24) is 4.31 Å². The number of hydrogen-bond donors (Lipinski definition) is 0. The summed E-state index contributed by atoms with van der Waals surface area (Å²) in [6, 6.07) is 0. The van der Waals surface area contributed by atoms with Crippen LogP contribution in [0.1, 0.15) is 12.8 Å². The lowest BCUT2D eigenvalue weighted by Crippen LogP contribution is -2.70. The molecule has 0 N–H and O–H groups in total. The molecule has 0 aromatic rings. The molecule has 1 heterocycles. The summed E-state index contributed by atoms with van der Waals surface area (Å²) in [5.41, 5.74) is 0. The summed E-state index contributed by atoms with van der Waals surface area (Å²) in [7, 11) is -4.69. The second kappa shape index (κ2) is 6.77. The van der Waals surface area contributed by atoms with E-state index < -0.39 is 58.0 Å². The first kappa shape index (κ1) is 25.0. The molecule has 0 aromatic carbocycles. The van der Waals surface area contributed by atoms with Gasteiger partial charge in [-0.25, -0.2) is 12.7 Å². The first-order valence-corrected chi connectivity index (χ1v) is 8.61. The average Bonchev–Trinajstić information content (AvgIpc) is 2.41. The van der Waals surface area contributed by atoms with Gasteiger partial charge in [0.15, 0.2) is 0 Å². The van der Waals surface area contributed by atoms with Gasteiger partial charge in [-0.15, -0.1) is 0 Å². The Hall–Kier alpha value is -1.00. The van der Waals surface area contributed by atoms with Crippen LogP contribution < -0.4 is 0 Å². The predicted octanol–water partition coefficient (Wildman–Crippen LogP) is 4.15. The van der Waals surface area contributed by atoms with E-state index in [0.29, 0.717) is 4.31 Å². The van der Waals surface area contributed by atoms with Crippen LogP contribution in [0.4, 0.5) is 57.1 Å². The van der Waals surface area contributed by atoms with E-state index in [0.717, 1.165) is 0 Å². The van der Waals surface area contributed by atoms with Gasteiger partial charge in [-0.2, -0.15) is 57.1 Å². The second-order valence-electron chi connectivity index (χ2n) is 5.82. The molecule has 1 fully saturated rings. The summed E-state index contributed by atoms with van der Waals surface area (Å²) in [6.45, 7) is -0.452. The van der Waals surface area contributed by atoms with Gasteiger partial charge >= 0.3 is 35.8 Å². The van der Waals surface area contributed by atoms with Crippen molar-refractivity contribution in [2.75, 3.05) is 18.8 Å². The van der Waals surface area contributed by atoms with Gasteiger partial charge in [-0.05, 0) is 6.42 Å². The molecule has 1 aliphatic heterocycles. The van der Waals surface area contributed by atoms with Crippen molar-refractivity contribution in [2.24, 2.45) is 0 Å². The summed E-state index contributed by atoms with van der Waals surface area (Å²) in [6.07, 6.45) is -9.96. The van der Waals surface area contributed by atoms with Crippen molar-refractivity contribution < 1.29 is 65.5 Å². The van der Waals surface area contributed by atoms with Crippen LogP contribution in [0, 0.1) is 0 Å². The molecular weight excluding hydrogens is 457 g/mol. The van der Waals surface area contributed by atoms with Gasteiger partial charge < -0.3 is 0 Å². The molecule has 0 radical (unpaired) electrons. The van der Waals surface area contributed by atoms with E-state index in [-0.39, 0.29) is 19.5 Å². The molecule has 0 amide bonds. The number of alkyl halides is 13. The summed E-state index contributed by atoms with van der Waals surface area (Å²) < 4.78 is 190. The van der Waals surface area contributed by atoms with Gasteiger partial charge in [0.05, 0.1) is 5.75 Å². The van der Waals surface area contributed by atoms with Crippen LogP contribution in [0.2, 0.25) is 0 Å². The number of nitrogens with zero attached hydrogens (tertiary/aromatic N) is 1. The predicted molar refractivity (Wildman–Crippen MR) is 65.4 cm³/mol. The molecule has 0 aromatic heterocycles. The molecule has 17 heteroatoms. The Kier molecular flexibility index (Phi) is 6.05. The van der Waals surface area contributed by atoms with Crippen LogP contribution in [-0.4, -0.2) is 67.4 Å². The Morgan fingerprint density at radius 1 is 0.643 bits per heavy atom. The van der Waals surface area contributed by atoms with Crippen LogP contribution in [-0.2, 0) is 10.0 Å². The maximum atomic E-state index is 13.5. The van der Waals surface area contributed by atoms with E-state index in [1.54, 1.807) is 0 Å². The van der Waals surface area contributed by atoms with Crippen molar-refractivity contribution in [2.45, 2.75) is 48.6 Å². The Balaban J connectivity index is 3.22. The Morgan fingerprint density at radius 2 is 1.04 bits per heavy atom. The topological polar surface area (TPSA) is 37.4 Å². The van der Waals surface area contributed by atoms with Gasteiger partial charge in [0, 0.05) is 19.5 Å². The van der Waals surface area contributed by atoms with Gasteiger partial charge in [-0.1, -0.05) is 0 Å². The molecule has 3 nitrogen and oxygen atoms in total. The third kappa shape index (κ3) is 3.63. The highest BCUT2D eigenvalue weighted by Gasteiger charge is 2.90. The van der Waals surface area contributed by atoms with Crippen molar-refractivity contribution in [3.63, 3.8) is 0 Å². The van der Waals surface area contributed by atoms with E-state index in [4.69, 9.17) is 0 Å². The molecule has 0 aliphatic carbocycles. The Labute approximate surface area is 148 Å². The quantitative estimate of drug-likeness (QED) is 0.504. The molecule has 0 saturated carbocycles. The SMILES string of the molecule is O=S(=O)(CCC(F)(F)C(F)(F)C(F)(F)C(F)(F)C(F)(F)C(F)(F)F)N1CCC1. The molecule has 1 aliphatic rings. The highest BCUT2D eigenvalue weighted by atomic mass is 32.2. The monoisotopic (exact) mass is 467 g/mol. The molecular formula is C11H10F13NO2S. The molecule has 1 rings (SSSR count). The summed E-state index contributed by atoms with van der Waals surface area (Å²) in [5.74, 6) is -39.5. The standard InChI is InChI=1S/C11H10F13NO2S/c12-6(13,2-5-28(26,27)25-3-1-4-25)7(14,15)8(16,17)9(18,19)10(20,21)11(22,23)24/h1-5H2. The fourth-order valence-corrected chi connectivity index (χ4v) is 3.50. The third-order valence-corrected chi connectivity index (χ3v) is 5.75. The van der Waals surface area contributed by atoms with E-state index in [9.17, 15) is 65.5 Å². The van der Waals surface area contributed by atoms with Crippen LogP contribution >= 0.6 is 0 Å². The number of halogens is 13. The zero-order chi connectivity index (χ0) is 22.6. The van der Waals surface area contributed by atoms with E-state index in [2.05, 4.69) is 0 Å². The third-order valence-electron chi connectivity index (χ3n) is 3.88. The molecule has 0 spiro atoms. The number of rotatable bonds is 8. The largest absolute Gasteiger partial charge is 0.460 e. The Bertz CT molecular complexity index is 681. The van der Waals surface area contributed by atoms with Crippen molar-refractivity contribution in [3.8, 4) is 0 Å². The van der Waals surface area contributed by atoms with Crippen LogP contribution in [0.3, 0.4) is 0 Å². The lowest BCUT2D eigenvalue weighted by atomic mass is 9.93. The molecule has 168 valence electrons. The Morgan fingerprint density at radius 3 is 1.36 bits per heavy atom. The fourth-order valence-electron chi connectivity index (χ4n) is 1.91. The highest BCUT2D eigenvalue weighted by molar-refractivity contribution is 7.89. The van der Waals surface area contributed by atoms with E-state index in [1.165, 1.54) is 0 Å². The first-order chi connectivity index (χ1) is 12.1. The maximum absolute atomic E-state index is 13.5. The molecule has 28 heavy (non-hydrogen) atoms. The number of hydrogen-bond acceptors (Lipinski definition) is 2. The number of sulfonamides is 1. The van der Waals surface area contributed by atoms with Crippen molar-refractivity contribution >= 4 is 10.0 Å². The molecule has 1 saturated heterocycles. The minimum absolute atomic E-state index is 0.226. The normalized spacial score (nSPS) is 18.9. The fraction of sp³-hybridized carbons (Fsp3) is 1.00. The molecule has 0 bridgehead atoms. The van der Waals surface area contributed by atoms with Gasteiger partial charge in [0.1, 0.15) is 0 Å². The average molecular weight is 467 g/mol. The van der Waals surface area contributed by atoms with Gasteiger partial charge in [-0.3, -0.25) is 0 Å². The van der Waals surface area contributed by atoms with Crippen LogP contribution in [0.25, 0.3) is 0 Å². The second-order valence-corrected chi connectivity index (χ2v) is 7.91. The van der Waals surface area contributed by atoms with E-state index >= 15 is 0 Å². The van der Waals surface area contributed by atoms with Gasteiger partial charge in [0.2, 0.25) is 10.0 Å². The zero-order valence-corrected chi connectivity index (χ0v) is 13.9.